The van der Waals surface area contributed by atoms with Crippen molar-refractivity contribution in [1.82, 2.24) is 4.90 Å². The second kappa shape index (κ2) is 7.28. The van der Waals surface area contributed by atoms with Crippen LogP contribution in [0.3, 0.4) is 0 Å². The molecule has 1 amide bonds. The third-order valence-corrected chi connectivity index (χ3v) is 4.88. The van der Waals surface area contributed by atoms with E-state index < -0.39 is 0 Å². The van der Waals surface area contributed by atoms with Crippen molar-refractivity contribution in [3.63, 3.8) is 0 Å². The second-order valence-corrected chi connectivity index (χ2v) is 6.75. The molecule has 1 saturated heterocycles. The van der Waals surface area contributed by atoms with Crippen LogP contribution in [0.1, 0.15) is 30.0 Å². The van der Waals surface area contributed by atoms with Gasteiger partial charge in [-0.25, -0.2) is 0 Å². The van der Waals surface area contributed by atoms with Crippen molar-refractivity contribution in [1.29, 1.82) is 0 Å². The van der Waals surface area contributed by atoms with Crippen molar-refractivity contribution in [2.45, 2.75) is 25.8 Å². The maximum absolute atomic E-state index is 12.7. The molecule has 5 nitrogen and oxygen atoms in total. The van der Waals surface area contributed by atoms with Gasteiger partial charge in [-0.3, -0.25) is 4.79 Å². The average molecular weight is 353 g/mol. The number of carbonyl (C=O) groups is 1. The zero-order chi connectivity index (χ0) is 17.9. The van der Waals surface area contributed by atoms with Crippen LogP contribution in [0.25, 0.3) is 0 Å². The number of benzene rings is 2. The number of amides is 1. The molecule has 2 aliphatic heterocycles. The van der Waals surface area contributed by atoms with Crippen molar-refractivity contribution in [3.8, 4) is 17.2 Å². The van der Waals surface area contributed by atoms with Gasteiger partial charge in [0.05, 0.1) is 6.04 Å². The lowest BCUT2D eigenvalue weighted by atomic mass is 10.0. The summed E-state index contributed by atoms with van der Waals surface area (Å²) in [6.45, 7) is 3.97. The van der Waals surface area contributed by atoms with Crippen LogP contribution in [-0.2, 0) is 4.79 Å². The number of rotatable bonds is 4. The van der Waals surface area contributed by atoms with Crippen molar-refractivity contribution >= 4 is 5.91 Å². The van der Waals surface area contributed by atoms with E-state index in [9.17, 15) is 4.79 Å². The Morgan fingerprint density at radius 2 is 2.00 bits per heavy atom. The smallest absolute Gasteiger partial charge is 0.261 e. The number of hydrogen-bond acceptors (Lipinski definition) is 4. The molecule has 5 heteroatoms. The van der Waals surface area contributed by atoms with Crippen molar-refractivity contribution in [2.24, 2.45) is 0 Å². The molecule has 4 rings (SSSR count). The molecule has 0 aliphatic carbocycles. The number of fused-ring (bicyclic) bond motifs is 1. The molecule has 136 valence electrons. The van der Waals surface area contributed by atoms with Crippen LogP contribution in [0.4, 0.5) is 0 Å². The van der Waals surface area contributed by atoms with E-state index in [0.717, 1.165) is 47.8 Å². The van der Waals surface area contributed by atoms with Gasteiger partial charge in [0.2, 0.25) is 0 Å². The zero-order valence-electron chi connectivity index (χ0n) is 14.9. The Labute approximate surface area is 153 Å². The Hall–Kier alpha value is -2.69. The van der Waals surface area contributed by atoms with E-state index in [4.69, 9.17) is 14.2 Å². The fourth-order valence-corrected chi connectivity index (χ4v) is 3.61. The fraction of sp³-hybridized carbons (Fsp3) is 0.381. The van der Waals surface area contributed by atoms with Crippen LogP contribution in [0.15, 0.2) is 42.5 Å². The average Bonchev–Trinajstić information content (AvgIpc) is 3.16. The van der Waals surface area contributed by atoms with Crippen molar-refractivity contribution in [3.05, 3.63) is 53.6 Å². The summed E-state index contributed by atoms with van der Waals surface area (Å²) < 4.78 is 17.0. The minimum absolute atomic E-state index is 0.0175. The molecular formula is C21H23NO4. The van der Waals surface area contributed by atoms with Crippen molar-refractivity contribution < 1.29 is 19.0 Å². The Bertz CT molecular complexity index is 804. The largest absolute Gasteiger partial charge is 0.486 e. The van der Waals surface area contributed by atoms with Gasteiger partial charge in [-0.15, -0.1) is 0 Å². The lowest BCUT2D eigenvalue weighted by molar-refractivity contribution is -0.134. The van der Waals surface area contributed by atoms with E-state index in [1.165, 1.54) is 0 Å². The highest BCUT2D eigenvalue weighted by molar-refractivity contribution is 5.78. The van der Waals surface area contributed by atoms with E-state index in [0.29, 0.717) is 13.2 Å². The third-order valence-electron chi connectivity index (χ3n) is 4.88. The van der Waals surface area contributed by atoms with Gasteiger partial charge >= 0.3 is 0 Å². The molecule has 0 spiro atoms. The Kier molecular flexibility index (Phi) is 4.69. The van der Waals surface area contributed by atoms with E-state index in [1.54, 1.807) is 0 Å². The van der Waals surface area contributed by atoms with Crippen molar-refractivity contribution in [2.75, 3.05) is 26.4 Å². The monoisotopic (exact) mass is 353 g/mol. The summed E-state index contributed by atoms with van der Waals surface area (Å²) in [5.74, 6) is 2.29. The highest BCUT2D eigenvalue weighted by atomic mass is 16.6. The summed E-state index contributed by atoms with van der Waals surface area (Å²) in [7, 11) is 0. The standard InChI is InChI=1S/C21H23NO4/c1-15-4-2-5-17(12-15)26-14-21(23)22-9-3-6-18(22)16-7-8-19-20(13-16)25-11-10-24-19/h2,4-5,7-8,12-13,18H,3,6,9-11,14H2,1H3/t18-/m0/s1. The normalized spacial score (nSPS) is 18.7. The molecule has 2 aliphatic rings. The second-order valence-electron chi connectivity index (χ2n) is 6.75. The molecule has 0 saturated carbocycles. The predicted molar refractivity (Wildman–Crippen MR) is 97.8 cm³/mol. The molecule has 2 heterocycles. The van der Waals surface area contributed by atoms with Gasteiger partial charge in [-0.2, -0.15) is 0 Å². The van der Waals surface area contributed by atoms with Crippen LogP contribution < -0.4 is 14.2 Å². The summed E-state index contributed by atoms with van der Waals surface area (Å²) >= 11 is 0. The van der Waals surface area contributed by atoms with Gasteiger partial charge in [0.15, 0.2) is 18.1 Å². The lowest BCUT2D eigenvalue weighted by Gasteiger charge is -2.26. The third kappa shape index (κ3) is 3.47. The van der Waals surface area contributed by atoms with Gasteiger partial charge in [0.1, 0.15) is 19.0 Å². The molecule has 0 aromatic heterocycles. The van der Waals surface area contributed by atoms with Gasteiger partial charge in [-0.05, 0) is 55.2 Å². The van der Waals surface area contributed by atoms with Crippen LogP contribution in [0.5, 0.6) is 17.2 Å². The minimum atomic E-state index is 0.0175. The topological polar surface area (TPSA) is 48.0 Å². The fourth-order valence-electron chi connectivity index (χ4n) is 3.61. The van der Waals surface area contributed by atoms with E-state index in [-0.39, 0.29) is 18.6 Å². The van der Waals surface area contributed by atoms with Gasteiger partial charge in [0, 0.05) is 6.54 Å². The Morgan fingerprint density at radius 3 is 2.85 bits per heavy atom. The number of ether oxygens (including phenoxy) is 3. The molecule has 0 N–H and O–H groups in total. The number of hydrogen-bond donors (Lipinski definition) is 0. The summed E-state index contributed by atoms with van der Waals surface area (Å²) in [6.07, 6.45) is 1.95. The van der Waals surface area contributed by atoms with E-state index in [2.05, 4.69) is 0 Å². The first-order valence-electron chi connectivity index (χ1n) is 9.09. The first kappa shape index (κ1) is 16.8. The molecule has 0 bridgehead atoms. The molecule has 1 atom stereocenters. The quantitative estimate of drug-likeness (QED) is 0.844. The molecule has 1 fully saturated rings. The molecule has 0 unspecified atom stereocenters. The summed E-state index contributed by atoms with van der Waals surface area (Å²) in [6, 6.07) is 13.8. The molecule has 2 aromatic carbocycles. The van der Waals surface area contributed by atoms with Crippen LogP contribution in [0.2, 0.25) is 0 Å². The molecule has 26 heavy (non-hydrogen) atoms. The lowest BCUT2D eigenvalue weighted by Crippen LogP contribution is -2.34. The van der Waals surface area contributed by atoms with Gasteiger partial charge in [0.25, 0.3) is 5.91 Å². The Balaban J connectivity index is 1.45. The number of carbonyl (C=O) groups excluding carboxylic acids is 1. The predicted octanol–water partition coefficient (Wildman–Crippen LogP) is 3.51. The van der Waals surface area contributed by atoms with Crippen LogP contribution in [0, 0.1) is 6.92 Å². The number of nitrogens with zero attached hydrogens (tertiary/aromatic N) is 1. The maximum atomic E-state index is 12.7. The highest BCUT2D eigenvalue weighted by Crippen LogP contribution is 2.38. The molecule has 0 radical (unpaired) electrons. The summed E-state index contributed by atoms with van der Waals surface area (Å²) in [5.41, 5.74) is 2.21. The SMILES string of the molecule is Cc1cccc(OCC(=O)N2CCC[C@H]2c2ccc3c(c2)OCCO3)c1. The number of likely N-dealkylation sites (tertiary alicyclic amines) is 1. The maximum Gasteiger partial charge on any atom is 0.261 e. The van der Waals surface area contributed by atoms with E-state index in [1.807, 2.05) is 54.3 Å². The van der Waals surface area contributed by atoms with Crippen LogP contribution in [-0.4, -0.2) is 37.2 Å². The van der Waals surface area contributed by atoms with Crippen LogP contribution >= 0.6 is 0 Å². The first-order chi connectivity index (χ1) is 12.7. The minimum Gasteiger partial charge on any atom is -0.486 e. The molecular weight excluding hydrogens is 330 g/mol. The number of aryl methyl sites for hydroxylation is 1. The van der Waals surface area contributed by atoms with Gasteiger partial charge < -0.3 is 19.1 Å². The highest BCUT2D eigenvalue weighted by Gasteiger charge is 2.31. The van der Waals surface area contributed by atoms with E-state index >= 15 is 0 Å². The summed E-state index contributed by atoms with van der Waals surface area (Å²) in [4.78, 5) is 14.6. The zero-order valence-corrected chi connectivity index (χ0v) is 14.9. The first-order valence-corrected chi connectivity index (χ1v) is 9.09. The summed E-state index contributed by atoms with van der Waals surface area (Å²) in [5, 5.41) is 0. The Morgan fingerprint density at radius 1 is 1.15 bits per heavy atom. The molecule has 2 aromatic rings. The van der Waals surface area contributed by atoms with Gasteiger partial charge in [-0.1, -0.05) is 18.2 Å².